The average Bonchev–Trinajstić information content (AvgIpc) is 2.93. The molecule has 5 nitrogen and oxygen atoms in total. The number of aryl methyl sites for hydroxylation is 1. The van der Waals surface area contributed by atoms with Crippen LogP contribution in [0.1, 0.15) is 10.4 Å². The van der Waals surface area contributed by atoms with Crippen molar-refractivity contribution in [1.82, 2.24) is 4.72 Å². The van der Waals surface area contributed by atoms with Gasteiger partial charge in [-0.2, -0.15) is 0 Å². The van der Waals surface area contributed by atoms with E-state index in [9.17, 15) is 8.42 Å². The first-order valence-corrected chi connectivity index (χ1v) is 8.79. The number of thiophene rings is 1. The van der Waals surface area contributed by atoms with E-state index < -0.39 is 10.0 Å². The van der Waals surface area contributed by atoms with Gasteiger partial charge in [0.05, 0.1) is 0 Å². The summed E-state index contributed by atoms with van der Waals surface area (Å²) in [5.74, 6) is 0.732. The molecule has 0 aliphatic rings. The Bertz CT molecular complexity index is 696. The van der Waals surface area contributed by atoms with E-state index >= 15 is 0 Å². The van der Waals surface area contributed by atoms with E-state index in [-0.39, 0.29) is 17.4 Å². The molecule has 0 unspecified atom stereocenters. The van der Waals surface area contributed by atoms with Gasteiger partial charge in [0.2, 0.25) is 10.0 Å². The Balaban J connectivity index is 1.85. The maximum absolute atomic E-state index is 12.0. The second-order valence-electron chi connectivity index (χ2n) is 4.49. The van der Waals surface area contributed by atoms with Crippen molar-refractivity contribution in [2.45, 2.75) is 17.7 Å². The van der Waals surface area contributed by atoms with Crippen molar-refractivity contribution in [3.05, 3.63) is 46.8 Å². The predicted molar refractivity (Wildman–Crippen MR) is 84.1 cm³/mol. The van der Waals surface area contributed by atoms with Crippen molar-refractivity contribution >= 4 is 21.4 Å². The molecule has 0 amide bonds. The zero-order valence-corrected chi connectivity index (χ0v) is 13.3. The summed E-state index contributed by atoms with van der Waals surface area (Å²) in [6.45, 7) is 2.81. The first-order valence-electron chi connectivity index (χ1n) is 6.49. The number of nitrogens with one attached hydrogen (secondary N) is 1. The van der Waals surface area contributed by atoms with Crippen molar-refractivity contribution in [2.24, 2.45) is 5.73 Å². The molecule has 0 spiro atoms. The number of nitrogens with two attached hydrogens (primary N) is 1. The van der Waals surface area contributed by atoms with Gasteiger partial charge in [-0.3, -0.25) is 0 Å². The third-order valence-electron chi connectivity index (χ3n) is 2.76. The smallest absolute Gasteiger partial charge is 0.250 e. The molecule has 1 heterocycles. The highest BCUT2D eigenvalue weighted by Gasteiger charge is 2.15. The lowest BCUT2D eigenvalue weighted by Gasteiger charge is -2.08. The summed E-state index contributed by atoms with van der Waals surface area (Å²) >= 11 is 1.18. The Labute approximate surface area is 128 Å². The summed E-state index contributed by atoms with van der Waals surface area (Å²) in [4.78, 5) is 0.839. The Hall–Kier alpha value is -1.41. The molecule has 21 heavy (non-hydrogen) atoms. The van der Waals surface area contributed by atoms with Gasteiger partial charge < -0.3 is 10.5 Å². The van der Waals surface area contributed by atoms with Crippen molar-refractivity contribution < 1.29 is 13.2 Å². The molecule has 0 aliphatic carbocycles. The molecule has 114 valence electrons. The average molecular weight is 326 g/mol. The summed E-state index contributed by atoms with van der Waals surface area (Å²) in [6, 6.07) is 10.9. The summed E-state index contributed by atoms with van der Waals surface area (Å²) in [7, 11) is -3.48. The zero-order valence-electron chi connectivity index (χ0n) is 11.7. The van der Waals surface area contributed by atoms with E-state index in [0.717, 1.165) is 16.2 Å². The van der Waals surface area contributed by atoms with E-state index in [1.54, 1.807) is 12.1 Å². The Morgan fingerprint density at radius 1 is 1.29 bits per heavy atom. The fraction of sp³-hybridized carbons (Fsp3) is 0.286. The topological polar surface area (TPSA) is 81.4 Å². The van der Waals surface area contributed by atoms with Crippen LogP contribution in [-0.4, -0.2) is 21.6 Å². The van der Waals surface area contributed by atoms with E-state index in [2.05, 4.69) is 4.72 Å². The second-order valence-corrected chi connectivity index (χ2v) is 7.65. The molecular formula is C14H18N2O3S2. The van der Waals surface area contributed by atoms with Crippen molar-refractivity contribution in [2.75, 3.05) is 13.2 Å². The molecule has 0 atom stereocenters. The molecule has 3 N–H and O–H groups in total. The lowest BCUT2D eigenvalue weighted by Crippen LogP contribution is -2.27. The van der Waals surface area contributed by atoms with E-state index in [4.69, 9.17) is 10.5 Å². The summed E-state index contributed by atoms with van der Waals surface area (Å²) in [5, 5.41) is 0. The monoisotopic (exact) mass is 326 g/mol. The highest BCUT2D eigenvalue weighted by atomic mass is 32.2. The maximum atomic E-state index is 12.0. The summed E-state index contributed by atoms with van der Waals surface area (Å²) < 4.78 is 32.4. The van der Waals surface area contributed by atoms with Gasteiger partial charge >= 0.3 is 0 Å². The first-order chi connectivity index (χ1) is 10.0. The van der Waals surface area contributed by atoms with Gasteiger partial charge in [-0.1, -0.05) is 12.1 Å². The zero-order chi connectivity index (χ0) is 15.3. The van der Waals surface area contributed by atoms with Crippen LogP contribution in [0, 0.1) is 6.92 Å². The molecule has 1 aromatic heterocycles. The minimum absolute atomic E-state index is 0.214. The van der Waals surface area contributed by atoms with Gasteiger partial charge in [-0.25, -0.2) is 13.1 Å². The molecule has 7 heteroatoms. The van der Waals surface area contributed by atoms with Gasteiger partial charge in [0.1, 0.15) is 16.6 Å². The Morgan fingerprint density at radius 3 is 2.76 bits per heavy atom. The normalized spacial score (nSPS) is 11.5. The van der Waals surface area contributed by atoms with Crippen LogP contribution in [0.25, 0.3) is 0 Å². The quantitative estimate of drug-likeness (QED) is 0.761. The van der Waals surface area contributed by atoms with Gasteiger partial charge in [0, 0.05) is 18.0 Å². The fourth-order valence-electron chi connectivity index (χ4n) is 1.73. The minimum atomic E-state index is -3.48. The minimum Gasteiger partial charge on any atom is -0.492 e. The van der Waals surface area contributed by atoms with Gasteiger partial charge in [-0.15, -0.1) is 11.3 Å². The SMILES string of the molecule is Cc1cccc(OCCNS(=O)(=O)c2ccc(CN)s2)c1. The van der Waals surface area contributed by atoms with Gasteiger partial charge in [-0.05, 0) is 36.8 Å². The number of hydrogen-bond donors (Lipinski definition) is 2. The molecule has 0 bridgehead atoms. The highest BCUT2D eigenvalue weighted by Crippen LogP contribution is 2.20. The van der Waals surface area contributed by atoms with E-state index in [1.807, 2.05) is 31.2 Å². The number of sulfonamides is 1. The van der Waals surface area contributed by atoms with Crippen molar-refractivity contribution in [3.8, 4) is 5.75 Å². The van der Waals surface area contributed by atoms with Crippen LogP contribution in [-0.2, 0) is 16.6 Å². The van der Waals surface area contributed by atoms with Crippen molar-refractivity contribution in [1.29, 1.82) is 0 Å². The molecular weight excluding hydrogens is 308 g/mol. The molecule has 0 radical (unpaired) electrons. The number of hydrogen-bond acceptors (Lipinski definition) is 5. The molecule has 0 saturated carbocycles. The maximum Gasteiger partial charge on any atom is 0.250 e. The molecule has 0 saturated heterocycles. The number of ether oxygens (including phenoxy) is 1. The molecule has 2 aromatic rings. The standard InChI is InChI=1S/C14H18N2O3S2/c1-11-3-2-4-12(9-11)19-8-7-16-21(17,18)14-6-5-13(10-15)20-14/h2-6,9,16H,7-8,10,15H2,1H3. The van der Waals surface area contributed by atoms with E-state index in [0.29, 0.717) is 6.54 Å². The van der Waals surface area contributed by atoms with Crippen LogP contribution in [0.4, 0.5) is 0 Å². The van der Waals surface area contributed by atoms with Gasteiger partial charge in [0.15, 0.2) is 0 Å². The molecule has 0 fully saturated rings. The molecule has 2 rings (SSSR count). The van der Waals surface area contributed by atoms with Crippen LogP contribution in [0.5, 0.6) is 5.75 Å². The van der Waals surface area contributed by atoms with Crippen molar-refractivity contribution in [3.63, 3.8) is 0 Å². The summed E-state index contributed by atoms with van der Waals surface area (Å²) in [6.07, 6.45) is 0. The number of benzene rings is 1. The first kappa shape index (κ1) is 16.0. The predicted octanol–water partition coefficient (Wildman–Crippen LogP) is 1.87. The van der Waals surface area contributed by atoms with E-state index in [1.165, 1.54) is 11.3 Å². The summed E-state index contributed by atoms with van der Waals surface area (Å²) in [5.41, 5.74) is 6.58. The Morgan fingerprint density at radius 2 is 2.10 bits per heavy atom. The highest BCUT2D eigenvalue weighted by molar-refractivity contribution is 7.91. The van der Waals surface area contributed by atoms with Gasteiger partial charge in [0.25, 0.3) is 0 Å². The largest absolute Gasteiger partial charge is 0.492 e. The Kier molecular flexibility index (Phi) is 5.35. The van der Waals surface area contributed by atoms with Crippen LogP contribution < -0.4 is 15.2 Å². The third-order valence-corrected chi connectivity index (χ3v) is 5.82. The van der Waals surface area contributed by atoms with Crippen LogP contribution in [0.2, 0.25) is 0 Å². The molecule has 0 aliphatic heterocycles. The van der Waals surface area contributed by atoms with Crippen LogP contribution in [0.15, 0.2) is 40.6 Å². The fourth-order valence-corrected chi connectivity index (χ4v) is 4.03. The second kappa shape index (κ2) is 7.04. The lowest BCUT2D eigenvalue weighted by atomic mass is 10.2. The molecule has 1 aromatic carbocycles. The number of rotatable bonds is 7. The lowest BCUT2D eigenvalue weighted by molar-refractivity contribution is 0.322. The van der Waals surface area contributed by atoms with Crippen LogP contribution >= 0.6 is 11.3 Å². The third kappa shape index (κ3) is 4.53. The van der Waals surface area contributed by atoms with Crippen LogP contribution in [0.3, 0.4) is 0 Å².